The number of aryl methyl sites for hydroxylation is 4. The van der Waals surface area contributed by atoms with Crippen LogP contribution in [0.15, 0.2) is 288 Å². The summed E-state index contributed by atoms with van der Waals surface area (Å²) in [6.07, 6.45) is 24.9. The van der Waals surface area contributed by atoms with Crippen molar-refractivity contribution in [2.75, 3.05) is 21.3 Å². The van der Waals surface area contributed by atoms with Gasteiger partial charge in [0.2, 0.25) is 0 Å². The van der Waals surface area contributed by atoms with Gasteiger partial charge in [0.15, 0.2) is 22.6 Å². The van der Waals surface area contributed by atoms with Crippen molar-refractivity contribution in [2.24, 2.45) is 0 Å². The summed E-state index contributed by atoms with van der Waals surface area (Å²) in [4.78, 5) is 69.1. The summed E-state index contributed by atoms with van der Waals surface area (Å²) in [5.41, 5.74) is 28.8. The van der Waals surface area contributed by atoms with E-state index in [4.69, 9.17) is 41.3 Å². The number of hydrogen-bond donors (Lipinski definition) is 8. The molecule has 8 N–H and O–H groups in total. The third-order valence-electron chi connectivity index (χ3n) is 20.1. The molecule has 0 aliphatic heterocycles. The Morgan fingerprint density at radius 3 is 1.04 bits per heavy atom. The number of imidazole rings is 4. The maximum atomic E-state index is 5.51. The third-order valence-corrected chi connectivity index (χ3v) is 20.1. The van der Waals surface area contributed by atoms with Crippen molar-refractivity contribution in [2.45, 2.75) is 53.9 Å². The number of aromatic amines is 4. The number of terminal acetylenes is 1. The number of pyridine rings is 8. The Hall–Kier alpha value is -17.2. The molecule has 16 heterocycles. The second-order valence-electron chi connectivity index (χ2n) is 28.8. The zero-order chi connectivity index (χ0) is 84.8. The van der Waals surface area contributed by atoms with Crippen LogP contribution in [-0.4, -0.2) is 118 Å². The fraction of sp³-hybridized carbons (Fsp3) is 0.0833. The highest BCUT2D eigenvalue weighted by Crippen LogP contribution is 2.35. The van der Waals surface area contributed by atoms with Crippen LogP contribution in [0.3, 0.4) is 0 Å². The number of H-pyrrole nitrogens is 4. The van der Waals surface area contributed by atoms with Crippen molar-refractivity contribution >= 4 is 63.6 Å². The number of aromatic nitrogens is 24. The summed E-state index contributed by atoms with van der Waals surface area (Å²) in [6, 6.07) is 71.6. The Morgan fingerprint density at radius 2 is 0.677 bits per heavy atom. The number of nitrogens with zero attached hydrogens (tertiary/aromatic N) is 20. The molecule has 124 heavy (non-hydrogen) atoms. The first-order valence-corrected chi connectivity index (χ1v) is 39.8. The number of benzene rings is 4. The summed E-state index contributed by atoms with van der Waals surface area (Å²) in [6.45, 7) is 21.6. The molecule has 0 aliphatic rings. The molecule has 0 unspecified atom stereocenters. The van der Waals surface area contributed by atoms with Crippen molar-refractivity contribution in [1.29, 1.82) is 0 Å². The SMILES string of the molecule is C#Cc1cccc(NCc2nc(-c3ccc4ncnn4c3)c(-c3cccc(C)n3)[nH]2)c1.C=Cc1ccc(NCc2nc(-c3ccc4ncnn4c3)c(-c3cccc(C)n3)[nH]2)cc1.C=Cc1cccc(NCc2nc(-c3ccc4ncnn4c3)c(-c3cccc(C)n3)[nH]2)c1.C=Cc1ccccc1NCc1nc(-c2ccc3ncnn3c2)c(-c2cccc(C)n2)[nH]1. The van der Waals surface area contributed by atoms with Crippen LogP contribution in [0, 0.1) is 40.0 Å². The molecule has 0 spiro atoms. The van der Waals surface area contributed by atoms with Gasteiger partial charge in [0.1, 0.15) is 48.6 Å². The first kappa shape index (κ1) is 79.3. The molecule has 28 nitrogen and oxygen atoms in total. The van der Waals surface area contributed by atoms with Crippen LogP contribution in [0.2, 0.25) is 0 Å². The van der Waals surface area contributed by atoms with E-state index < -0.39 is 0 Å². The average molecular weight is 1630 g/mol. The molecule has 0 bridgehead atoms. The minimum atomic E-state index is 0.512. The van der Waals surface area contributed by atoms with Gasteiger partial charge in [-0.2, -0.15) is 20.4 Å². The highest BCUT2D eigenvalue weighted by molar-refractivity contribution is 5.81. The van der Waals surface area contributed by atoms with E-state index >= 15 is 0 Å². The summed E-state index contributed by atoms with van der Waals surface area (Å²) < 4.78 is 6.98. The molecular formula is C96H82N28. The van der Waals surface area contributed by atoms with E-state index in [9.17, 15) is 0 Å². The van der Waals surface area contributed by atoms with E-state index in [2.05, 4.69) is 118 Å². The highest BCUT2D eigenvalue weighted by atomic mass is 15.3. The quantitative estimate of drug-likeness (QED) is 0.0276. The van der Waals surface area contributed by atoms with E-state index in [1.165, 1.54) is 6.33 Å². The number of hydrogen-bond acceptors (Lipinski definition) is 20. The molecule has 0 amide bonds. The lowest BCUT2D eigenvalue weighted by Crippen LogP contribution is -2.02. The Bertz CT molecular complexity index is 7260. The van der Waals surface area contributed by atoms with Gasteiger partial charge in [-0.25, -0.2) is 57.9 Å². The molecule has 0 saturated carbocycles. The van der Waals surface area contributed by atoms with E-state index in [0.29, 0.717) is 26.2 Å². The van der Waals surface area contributed by atoms with Crippen molar-refractivity contribution < 1.29 is 0 Å². The molecule has 16 aromatic heterocycles. The van der Waals surface area contributed by atoms with Crippen molar-refractivity contribution in [3.8, 4) is 103 Å². The zero-order valence-electron chi connectivity index (χ0n) is 68.1. The molecule has 4 aromatic carbocycles. The molecule has 0 fully saturated rings. The third kappa shape index (κ3) is 18.4. The van der Waals surface area contributed by atoms with Gasteiger partial charge in [0, 0.05) is 98.1 Å². The Morgan fingerprint density at radius 1 is 0.331 bits per heavy atom. The van der Waals surface area contributed by atoms with Crippen molar-refractivity contribution in [3.05, 3.63) is 357 Å². The number of para-hydroxylation sites is 1. The molecule has 606 valence electrons. The van der Waals surface area contributed by atoms with E-state index in [-0.39, 0.29) is 0 Å². The smallest absolute Gasteiger partial charge is 0.155 e. The van der Waals surface area contributed by atoms with Crippen LogP contribution in [0.4, 0.5) is 22.7 Å². The van der Waals surface area contributed by atoms with Gasteiger partial charge in [-0.05, 0) is 190 Å². The summed E-state index contributed by atoms with van der Waals surface area (Å²) >= 11 is 0. The van der Waals surface area contributed by atoms with Crippen LogP contribution in [0.1, 0.15) is 68.3 Å². The Balaban J connectivity index is 0.000000117. The molecule has 0 aliphatic carbocycles. The minimum absolute atomic E-state index is 0.512. The van der Waals surface area contributed by atoms with Crippen LogP contribution >= 0.6 is 0 Å². The largest absolute Gasteiger partial charge is 0.378 e. The van der Waals surface area contributed by atoms with Crippen LogP contribution < -0.4 is 21.3 Å². The second kappa shape index (κ2) is 36.3. The predicted molar refractivity (Wildman–Crippen MR) is 487 cm³/mol. The highest BCUT2D eigenvalue weighted by Gasteiger charge is 2.22. The molecular weight excluding hydrogens is 1550 g/mol. The fourth-order valence-electron chi connectivity index (χ4n) is 14.0. The molecule has 0 atom stereocenters. The van der Waals surface area contributed by atoms with Gasteiger partial charge < -0.3 is 41.2 Å². The molecule has 0 saturated heterocycles. The molecule has 28 heteroatoms. The normalized spacial score (nSPS) is 11.0. The maximum Gasteiger partial charge on any atom is 0.155 e. The van der Waals surface area contributed by atoms with Crippen LogP contribution in [0.25, 0.3) is 131 Å². The second-order valence-corrected chi connectivity index (χ2v) is 28.8. The van der Waals surface area contributed by atoms with E-state index in [1.807, 2.05) is 283 Å². The number of rotatable bonds is 23. The first-order chi connectivity index (χ1) is 60.8. The molecule has 0 radical (unpaired) electrons. The number of fused-ring (bicyclic) bond motifs is 4. The van der Waals surface area contributed by atoms with Gasteiger partial charge in [-0.3, -0.25) is 19.9 Å². The lowest BCUT2D eigenvalue weighted by atomic mass is 10.1. The predicted octanol–water partition coefficient (Wildman–Crippen LogP) is 18.3. The van der Waals surface area contributed by atoms with Gasteiger partial charge in [0.25, 0.3) is 0 Å². The Labute approximate surface area is 712 Å². The molecule has 20 rings (SSSR count). The lowest BCUT2D eigenvalue weighted by molar-refractivity contribution is 0.960. The number of nitrogens with one attached hydrogen (secondary N) is 8. The van der Waals surface area contributed by atoms with Gasteiger partial charge in [-0.1, -0.05) is 117 Å². The standard InChI is InChI=1S/C24H21N7.C24H19N7.2C24H21N7/c2*1-3-17-7-5-8-19(12-17)25-13-21-29-23(18-10-11-22-26-15-27-31(22)14-18)24(30-21)20-9-4-6-16(2)28-20;1-3-17-8-4-5-9-19(17)25-13-21-29-23(18-11-12-22-26-15-27-31(22)14-18)24(30-21)20-10-6-7-16(2)28-20;1-3-17-7-10-19(11-8-17)25-13-21-29-23(18-9-12-22-26-15-27-31(22)14-18)24(30-21)20-6-4-5-16(2)28-20/h3-12,14-15,25H,1,13H2,2H3,(H,29,30);1,4-12,14-15,25H,13H2,2H3,(H,29,30);2*3-12,14-15,25H,1,13H2,2H3,(H,29,30). The van der Waals surface area contributed by atoms with Gasteiger partial charge in [0.05, 0.1) is 94.5 Å². The maximum absolute atomic E-state index is 5.51. The van der Waals surface area contributed by atoms with Gasteiger partial charge in [-0.15, -0.1) is 6.42 Å². The number of anilines is 4. The fourth-order valence-corrected chi connectivity index (χ4v) is 14.0. The van der Waals surface area contributed by atoms with Crippen molar-refractivity contribution in [3.63, 3.8) is 0 Å². The summed E-state index contributed by atoms with van der Waals surface area (Å²) in [5, 5.41) is 30.7. The molecule has 20 aromatic rings. The topological polar surface area (TPSA) is 335 Å². The minimum Gasteiger partial charge on any atom is -0.378 e. The van der Waals surface area contributed by atoms with Crippen LogP contribution in [-0.2, 0) is 26.2 Å². The Kier molecular flexibility index (Phi) is 23.2. The van der Waals surface area contributed by atoms with Gasteiger partial charge >= 0.3 is 0 Å². The van der Waals surface area contributed by atoms with Crippen molar-refractivity contribution in [1.82, 2.24) is 118 Å². The lowest BCUT2D eigenvalue weighted by Gasteiger charge is -2.07. The summed E-state index contributed by atoms with van der Waals surface area (Å²) in [5.74, 6) is 5.89. The monoisotopic (exact) mass is 1630 g/mol. The van der Waals surface area contributed by atoms with E-state index in [1.54, 1.807) is 37.0 Å². The summed E-state index contributed by atoms with van der Waals surface area (Å²) in [7, 11) is 0. The zero-order valence-corrected chi connectivity index (χ0v) is 68.1. The van der Waals surface area contributed by atoms with E-state index in [0.717, 1.165) is 204 Å². The average Bonchev–Trinajstić information content (AvgIpc) is 1.66. The first-order valence-electron chi connectivity index (χ1n) is 39.8. The van der Waals surface area contributed by atoms with Crippen LogP contribution in [0.5, 0.6) is 0 Å².